The summed E-state index contributed by atoms with van der Waals surface area (Å²) < 4.78 is 0. The fraction of sp³-hybridized carbons (Fsp3) is 0.273. The highest BCUT2D eigenvalue weighted by Crippen LogP contribution is 2.27. The molecule has 0 radical (unpaired) electrons. The second kappa shape index (κ2) is 2.67. The van der Waals surface area contributed by atoms with Gasteiger partial charge in [0.25, 0.3) is 0 Å². The van der Waals surface area contributed by atoms with Crippen molar-refractivity contribution in [3.63, 3.8) is 0 Å². The van der Waals surface area contributed by atoms with Crippen LogP contribution in [0.5, 0.6) is 0 Å². The van der Waals surface area contributed by atoms with Crippen LogP contribution in [0.3, 0.4) is 0 Å². The minimum absolute atomic E-state index is 0.875. The molecule has 1 aromatic rings. The summed E-state index contributed by atoms with van der Waals surface area (Å²) in [6.07, 6.45) is 4.51. The molecule has 0 fully saturated rings. The van der Waals surface area contributed by atoms with Crippen molar-refractivity contribution in [2.45, 2.75) is 19.8 Å². The van der Waals surface area contributed by atoms with E-state index in [2.05, 4.69) is 25.1 Å². The van der Waals surface area contributed by atoms with Crippen LogP contribution < -0.4 is 5.73 Å². The van der Waals surface area contributed by atoms with Crippen LogP contribution in [0.1, 0.15) is 24.5 Å². The van der Waals surface area contributed by atoms with Crippen LogP contribution in [0.2, 0.25) is 0 Å². The van der Waals surface area contributed by atoms with Gasteiger partial charge in [0, 0.05) is 5.69 Å². The summed E-state index contributed by atoms with van der Waals surface area (Å²) in [4.78, 5) is 0. The molecule has 2 N–H and O–H groups in total. The summed E-state index contributed by atoms with van der Waals surface area (Å²) in [5.74, 6) is 0. The Bertz CT molecular complexity index is 337. The molecule has 1 nitrogen and oxygen atoms in total. The Hall–Kier alpha value is -1.24. The van der Waals surface area contributed by atoms with Crippen molar-refractivity contribution >= 4 is 11.8 Å². The fourth-order valence-corrected chi connectivity index (χ4v) is 1.66. The number of fused-ring (bicyclic) bond motifs is 1. The average Bonchev–Trinajstić information content (AvgIpc) is 2.46. The van der Waals surface area contributed by atoms with E-state index in [1.54, 1.807) is 0 Å². The highest BCUT2D eigenvalue weighted by Gasteiger charge is 2.10. The van der Waals surface area contributed by atoms with Gasteiger partial charge in [-0.2, -0.15) is 0 Å². The molecule has 0 aromatic heterocycles. The van der Waals surface area contributed by atoms with Crippen LogP contribution in [-0.2, 0) is 6.42 Å². The summed E-state index contributed by atoms with van der Waals surface area (Å²) in [5.41, 5.74) is 10.8. The Morgan fingerprint density at radius 1 is 1.42 bits per heavy atom. The third-order valence-electron chi connectivity index (χ3n) is 2.40. The molecular formula is C11H13N. The molecule has 1 heteroatoms. The van der Waals surface area contributed by atoms with Crippen molar-refractivity contribution < 1.29 is 0 Å². The lowest BCUT2D eigenvalue weighted by Gasteiger charge is -1.99. The molecule has 0 amide bonds. The molecule has 2 rings (SSSR count). The summed E-state index contributed by atoms with van der Waals surface area (Å²) >= 11 is 0. The van der Waals surface area contributed by atoms with Crippen molar-refractivity contribution in [2.24, 2.45) is 0 Å². The van der Waals surface area contributed by atoms with Crippen molar-refractivity contribution in [2.75, 3.05) is 5.73 Å². The van der Waals surface area contributed by atoms with Gasteiger partial charge in [-0.3, -0.25) is 0 Å². The van der Waals surface area contributed by atoms with E-state index < -0.39 is 0 Å². The van der Waals surface area contributed by atoms with E-state index in [9.17, 15) is 0 Å². The van der Waals surface area contributed by atoms with E-state index >= 15 is 0 Å². The number of allylic oxidation sites excluding steroid dienone is 1. The molecule has 0 heterocycles. The number of benzene rings is 1. The van der Waals surface area contributed by atoms with E-state index in [1.165, 1.54) is 16.7 Å². The second-order valence-electron chi connectivity index (χ2n) is 3.29. The van der Waals surface area contributed by atoms with E-state index in [0.717, 1.165) is 18.5 Å². The number of hydrogen-bond acceptors (Lipinski definition) is 1. The van der Waals surface area contributed by atoms with E-state index in [0.29, 0.717) is 0 Å². The van der Waals surface area contributed by atoms with Crippen molar-refractivity contribution in [3.05, 3.63) is 34.9 Å². The highest BCUT2D eigenvalue weighted by atomic mass is 14.5. The minimum Gasteiger partial charge on any atom is -0.399 e. The van der Waals surface area contributed by atoms with E-state index in [1.807, 2.05) is 6.07 Å². The molecule has 1 aliphatic rings. The molecule has 12 heavy (non-hydrogen) atoms. The fourth-order valence-electron chi connectivity index (χ4n) is 1.66. The lowest BCUT2D eigenvalue weighted by Crippen LogP contribution is -1.88. The van der Waals surface area contributed by atoms with Gasteiger partial charge in [0.05, 0.1) is 0 Å². The standard InChI is InChI=1S/C11H13N/c1-2-8-5-9-3-4-11(12)7-10(9)6-8/h3-5,7H,2,6,12H2,1H3. The topological polar surface area (TPSA) is 26.0 Å². The van der Waals surface area contributed by atoms with Crippen LogP contribution >= 0.6 is 0 Å². The van der Waals surface area contributed by atoms with Crippen LogP contribution in [0.15, 0.2) is 23.8 Å². The number of hydrogen-bond donors (Lipinski definition) is 1. The van der Waals surface area contributed by atoms with Crippen LogP contribution in [0.25, 0.3) is 6.08 Å². The van der Waals surface area contributed by atoms with Gasteiger partial charge in [0.15, 0.2) is 0 Å². The predicted molar refractivity (Wildman–Crippen MR) is 52.8 cm³/mol. The van der Waals surface area contributed by atoms with Gasteiger partial charge in [-0.05, 0) is 36.1 Å². The quantitative estimate of drug-likeness (QED) is 0.626. The molecular weight excluding hydrogens is 146 g/mol. The van der Waals surface area contributed by atoms with Gasteiger partial charge in [-0.25, -0.2) is 0 Å². The lowest BCUT2D eigenvalue weighted by atomic mass is 10.1. The molecule has 0 saturated heterocycles. The maximum Gasteiger partial charge on any atom is 0.0317 e. The van der Waals surface area contributed by atoms with Crippen molar-refractivity contribution in [1.29, 1.82) is 0 Å². The van der Waals surface area contributed by atoms with Crippen molar-refractivity contribution in [3.8, 4) is 0 Å². The molecule has 1 aromatic carbocycles. The summed E-state index contributed by atoms with van der Waals surface area (Å²) in [7, 11) is 0. The molecule has 0 saturated carbocycles. The number of nitrogens with two attached hydrogens (primary N) is 1. The average molecular weight is 159 g/mol. The molecule has 0 aliphatic heterocycles. The second-order valence-corrected chi connectivity index (χ2v) is 3.29. The zero-order valence-electron chi connectivity index (χ0n) is 7.30. The Morgan fingerprint density at radius 3 is 3.00 bits per heavy atom. The highest BCUT2D eigenvalue weighted by molar-refractivity contribution is 5.66. The van der Waals surface area contributed by atoms with Gasteiger partial charge in [0.1, 0.15) is 0 Å². The molecule has 0 bridgehead atoms. The number of anilines is 1. The van der Waals surface area contributed by atoms with E-state index in [4.69, 9.17) is 5.73 Å². The first-order chi connectivity index (χ1) is 5.79. The third-order valence-corrected chi connectivity index (χ3v) is 2.40. The SMILES string of the molecule is CCC1=Cc2ccc(N)cc2C1. The van der Waals surface area contributed by atoms with E-state index in [-0.39, 0.29) is 0 Å². The number of rotatable bonds is 1. The third kappa shape index (κ3) is 1.11. The molecule has 0 unspecified atom stereocenters. The summed E-state index contributed by atoms with van der Waals surface area (Å²) in [5, 5.41) is 0. The Labute approximate surface area is 72.9 Å². The molecule has 0 atom stereocenters. The maximum atomic E-state index is 5.69. The Kier molecular flexibility index (Phi) is 1.65. The Balaban J connectivity index is 2.40. The van der Waals surface area contributed by atoms with Gasteiger partial charge < -0.3 is 5.73 Å². The molecule has 0 spiro atoms. The largest absolute Gasteiger partial charge is 0.399 e. The molecule has 1 aliphatic carbocycles. The monoisotopic (exact) mass is 159 g/mol. The minimum atomic E-state index is 0.875. The normalized spacial score (nSPS) is 14.2. The van der Waals surface area contributed by atoms with Crippen LogP contribution in [0.4, 0.5) is 5.69 Å². The van der Waals surface area contributed by atoms with Gasteiger partial charge >= 0.3 is 0 Å². The smallest absolute Gasteiger partial charge is 0.0317 e. The molecule has 62 valence electrons. The van der Waals surface area contributed by atoms with Crippen LogP contribution in [-0.4, -0.2) is 0 Å². The summed E-state index contributed by atoms with van der Waals surface area (Å²) in [6.45, 7) is 2.20. The zero-order chi connectivity index (χ0) is 8.55. The maximum absolute atomic E-state index is 5.69. The van der Waals surface area contributed by atoms with Gasteiger partial charge in [-0.15, -0.1) is 0 Å². The van der Waals surface area contributed by atoms with Crippen molar-refractivity contribution in [1.82, 2.24) is 0 Å². The Morgan fingerprint density at radius 2 is 2.25 bits per heavy atom. The van der Waals surface area contributed by atoms with Gasteiger partial charge in [0.2, 0.25) is 0 Å². The zero-order valence-corrected chi connectivity index (χ0v) is 7.30. The van der Waals surface area contributed by atoms with Gasteiger partial charge in [-0.1, -0.05) is 24.6 Å². The lowest BCUT2D eigenvalue weighted by molar-refractivity contribution is 1.04. The first kappa shape index (κ1) is 7.41. The number of nitrogen functional groups attached to an aromatic ring is 1. The van der Waals surface area contributed by atoms with Crippen LogP contribution in [0, 0.1) is 0 Å². The first-order valence-corrected chi connectivity index (χ1v) is 4.37. The summed E-state index contributed by atoms with van der Waals surface area (Å²) in [6, 6.07) is 6.15. The predicted octanol–water partition coefficient (Wildman–Crippen LogP) is 2.62. The first-order valence-electron chi connectivity index (χ1n) is 4.37.